The Morgan fingerprint density at radius 2 is 2.21 bits per heavy atom. The van der Waals surface area contributed by atoms with Crippen LogP contribution in [0.25, 0.3) is 0 Å². The Hall–Kier alpha value is -0.710. The molecule has 0 spiro atoms. The first-order chi connectivity index (χ1) is 9.13. The largest absolute Gasteiger partial charge is 0.377 e. The molecule has 1 aliphatic heterocycles. The van der Waals surface area contributed by atoms with Crippen molar-refractivity contribution < 1.29 is 4.39 Å². The number of anilines is 1. The number of thioether (sulfide) groups is 1. The van der Waals surface area contributed by atoms with Gasteiger partial charge in [-0.25, -0.2) is 4.39 Å². The normalized spacial score (nSPS) is 22.1. The molecule has 19 heavy (non-hydrogen) atoms. The quantitative estimate of drug-likeness (QED) is 0.777. The van der Waals surface area contributed by atoms with Crippen LogP contribution >= 0.6 is 34.7 Å². The molecule has 1 aromatic carbocycles. The Labute approximate surface area is 125 Å². The fourth-order valence-electron chi connectivity index (χ4n) is 2.28. The summed E-state index contributed by atoms with van der Waals surface area (Å²) >= 11 is 9.80. The second kappa shape index (κ2) is 5.35. The van der Waals surface area contributed by atoms with E-state index in [2.05, 4.69) is 23.7 Å². The first-order valence-corrected chi connectivity index (χ1v) is 8.23. The van der Waals surface area contributed by atoms with E-state index in [1.807, 2.05) is 11.8 Å². The number of halogens is 2. The van der Waals surface area contributed by atoms with Gasteiger partial charge < -0.3 is 5.32 Å². The van der Waals surface area contributed by atoms with Crippen LogP contribution in [0.2, 0.25) is 5.02 Å². The van der Waals surface area contributed by atoms with Crippen LogP contribution in [0.5, 0.6) is 0 Å². The number of hydrogen-bond donors (Lipinski definition) is 1. The molecule has 0 aliphatic carbocycles. The van der Waals surface area contributed by atoms with Crippen LogP contribution < -0.4 is 5.32 Å². The maximum Gasteiger partial charge on any atom is 0.125 e. The molecule has 2 heterocycles. The summed E-state index contributed by atoms with van der Waals surface area (Å²) in [5.41, 5.74) is 1.97. The highest BCUT2D eigenvalue weighted by Crippen LogP contribution is 2.45. The van der Waals surface area contributed by atoms with Gasteiger partial charge in [0.1, 0.15) is 5.82 Å². The third-order valence-corrected chi connectivity index (χ3v) is 5.84. The Morgan fingerprint density at radius 3 is 3.05 bits per heavy atom. The van der Waals surface area contributed by atoms with Crippen molar-refractivity contribution in [3.8, 4) is 0 Å². The Balaban J connectivity index is 1.90. The SMILES string of the molecule is C[C@H]1CC(Nc2cc(F)ccc2Cl)c2ccsc2S1. The molecule has 1 aromatic heterocycles. The molecule has 2 atom stereocenters. The number of rotatable bonds is 2. The second-order valence-corrected chi connectivity index (χ2v) is 7.68. The highest BCUT2D eigenvalue weighted by Gasteiger charge is 2.26. The van der Waals surface area contributed by atoms with Gasteiger partial charge in [0.15, 0.2) is 0 Å². The number of thiophene rings is 1. The average Bonchev–Trinajstić information content (AvgIpc) is 2.82. The molecule has 5 heteroatoms. The van der Waals surface area contributed by atoms with Crippen molar-refractivity contribution in [1.29, 1.82) is 0 Å². The molecule has 1 unspecified atom stereocenters. The summed E-state index contributed by atoms with van der Waals surface area (Å²) in [6.07, 6.45) is 1.02. The van der Waals surface area contributed by atoms with Crippen LogP contribution in [0.3, 0.4) is 0 Å². The van der Waals surface area contributed by atoms with Crippen molar-refractivity contribution >= 4 is 40.4 Å². The van der Waals surface area contributed by atoms with Gasteiger partial charge in [-0.3, -0.25) is 0 Å². The minimum absolute atomic E-state index is 0.205. The Bertz CT molecular complexity index is 599. The van der Waals surface area contributed by atoms with E-state index in [9.17, 15) is 4.39 Å². The lowest BCUT2D eigenvalue weighted by Crippen LogP contribution is -2.19. The van der Waals surface area contributed by atoms with Crippen molar-refractivity contribution in [1.82, 2.24) is 0 Å². The van der Waals surface area contributed by atoms with E-state index < -0.39 is 0 Å². The van der Waals surface area contributed by atoms with Gasteiger partial charge in [-0.05, 0) is 41.6 Å². The topological polar surface area (TPSA) is 12.0 Å². The van der Waals surface area contributed by atoms with Gasteiger partial charge in [0.25, 0.3) is 0 Å². The van der Waals surface area contributed by atoms with Gasteiger partial charge in [-0.15, -0.1) is 23.1 Å². The minimum Gasteiger partial charge on any atom is -0.377 e. The molecule has 1 aliphatic rings. The summed E-state index contributed by atoms with van der Waals surface area (Å²) in [5, 5.41) is 6.60. The number of benzene rings is 1. The zero-order valence-corrected chi connectivity index (χ0v) is 12.7. The second-order valence-electron chi connectivity index (χ2n) is 4.65. The molecule has 0 fully saturated rings. The molecule has 0 radical (unpaired) electrons. The molecule has 0 saturated carbocycles. The van der Waals surface area contributed by atoms with Crippen molar-refractivity contribution in [3.05, 3.63) is 46.0 Å². The average molecular weight is 314 g/mol. The van der Waals surface area contributed by atoms with E-state index in [1.165, 1.54) is 21.9 Å². The van der Waals surface area contributed by atoms with Crippen LogP contribution in [-0.2, 0) is 0 Å². The molecule has 0 bridgehead atoms. The standard InChI is InChI=1S/C14H13ClFNS2/c1-8-6-12(10-4-5-18-14(10)19-8)17-13-7-9(16)2-3-11(13)15/h2-5,7-8,12,17H,6H2,1H3/t8-,12?/m0/s1. The van der Waals surface area contributed by atoms with Crippen molar-refractivity contribution in [3.63, 3.8) is 0 Å². The van der Waals surface area contributed by atoms with Crippen LogP contribution in [-0.4, -0.2) is 5.25 Å². The van der Waals surface area contributed by atoms with Crippen molar-refractivity contribution in [2.24, 2.45) is 0 Å². The van der Waals surface area contributed by atoms with E-state index in [0.29, 0.717) is 16.0 Å². The van der Waals surface area contributed by atoms with Gasteiger partial charge in [0.05, 0.1) is 21.0 Å². The van der Waals surface area contributed by atoms with Crippen LogP contribution in [0.4, 0.5) is 10.1 Å². The van der Waals surface area contributed by atoms with Crippen LogP contribution in [0.15, 0.2) is 33.9 Å². The third kappa shape index (κ3) is 2.76. The van der Waals surface area contributed by atoms with Gasteiger partial charge in [0.2, 0.25) is 0 Å². The lowest BCUT2D eigenvalue weighted by Gasteiger charge is -2.28. The first-order valence-electron chi connectivity index (χ1n) is 6.09. The molecule has 0 amide bonds. The fourth-order valence-corrected chi connectivity index (χ4v) is 5.02. The van der Waals surface area contributed by atoms with E-state index in [1.54, 1.807) is 17.4 Å². The molecular formula is C14H13ClFNS2. The smallest absolute Gasteiger partial charge is 0.125 e. The van der Waals surface area contributed by atoms with E-state index >= 15 is 0 Å². The maximum atomic E-state index is 13.3. The van der Waals surface area contributed by atoms with Gasteiger partial charge in [-0.1, -0.05) is 18.5 Å². The summed E-state index contributed by atoms with van der Waals surface area (Å²) in [6.45, 7) is 2.22. The predicted octanol–water partition coefficient (Wildman–Crippen LogP) is 5.58. The number of nitrogens with one attached hydrogen (secondary N) is 1. The summed E-state index contributed by atoms with van der Waals surface area (Å²) in [4.78, 5) is 0. The van der Waals surface area contributed by atoms with Crippen molar-refractivity contribution in [2.75, 3.05) is 5.32 Å². The monoisotopic (exact) mass is 313 g/mol. The summed E-state index contributed by atoms with van der Waals surface area (Å²) < 4.78 is 14.7. The Morgan fingerprint density at radius 1 is 1.37 bits per heavy atom. The van der Waals surface area contributed by atoms with Gasteiger partial charge in [-0.2, -0.15) is 0 Å². The molecule has 2 aromatic rings. The highest BCUT2D eigenvalue weighted by molar-refractivity contribution is 8.01. The molecule has 1 nitrogen and oxygen atoms in total. The van der Waals surface area contributed by atoms with Crippen LogP contribution in [0.1, 0.15) is 24.9 Å². The lowest BCUT2D eigenvalue weighted by atomic mass is 10.0. The zero-order valence-electron chi connectivity index (χ0n) is 10.3. The van der Waals surface area contributed by atoms with Gasteiger partial charge >= 0.3 is 0 Å². The molecule has 0 saturated heterocycles. The zero-order chi connectivity index (χ0) is 13.4. The van der Waals surface area contributed by atoms with Crippen LogP contribution in [0, 0.1) is 5.82 Å². The third-order valence-electron chi connectivity index (χ3n) is 3.17. The summed E-state index contributed by atoms with van der Waals surface area (Å²) in [7, 11) is 0. The molecule has 1 N–H and O–H groups in total. The summed E-state index contributed by atoms with van der Waals surface area (Å²) in [6, 6.07) is 6.78. The minimum atomic E-state index is -0.268. The molecule has 3 rings (SSSR count). The molecule has 100 valence electrons. The number of fused-ring (bicyclic) bond motifs is 1. The van der Waals surface area contributed by atoms with E-state index in [-0.39, 0.29) is 11.9 Å². The number of hydrogen-bond acceptors (Lipinski definition) is 3. The van der Waals surface area contributed by atoms with E-state index in [0.717, 1.165) is 6.42 Å². The highest BCUT2D eigenvalue weighted by atomic mass is 35.5. The summed E-state index contributed by atoms with van der Waals surface area (Å²) in [5.74, 6) is -0.268. The predicted molar refractivity (Wildman–Crippen MR) is 82.0 cm³/mol. The lowest BCUT2D eigenvalue weighted by molar-refractivity contribution is 0.626. The first kappa shape index (κ1) is 13.3. The molecular weight excluding hydrogens is 301 g/mol. The van der Waals surface area contributed by atoms with E-state index in [4.69, 9.17) is 11.6 Å². The maximum absolute atomic E-state index is 13.3. The fraction of sp³-hybridized carbons (Fsp3) is 0.286. The Kier molecular flexibility index (Phi) is 3.74. The van der Waals surface area contributed by atoms with Crippen molar-refractivity contribution in [2.45, 2.75) is 28.8 Å². The van der Waals surface area contributed by atoms with Gasteiger partial charge in [0, 0.05) is 5.25 Å².